The Morgan fingerprint density at radius 2 is 1.18 bits per heavy atom. The molecule has 3 heteroatoms. The number of para-hydroxylation sites is 2. The van der Waals surface area contributed by atoms with E-state index >= 15 is 0 Å². The van der Waals surface area contributed by atoms with Gasteiger partial charge in [0.15, 0.2) is 0 Å². The molecule has 0 aliphatic rings. The van der Waals surface area contributed by atoms with Crippen LogP contribution >= 0.6 is 0 Å². The monoisotopic (exact) mass is 580 g/mol. The molecular formula is C42H32N2O. The molecule has 0 atom stereocenters. The minimum atomic E-state index is 0.842. The number of aromatic nitrogens is 2. The first-order chi connectivity index (χ1) is 22.1. The van der Waals surface area contributed by atoms with Crippen LogP contribution in [0.5, 0.6) is 0 Å². The van der Waals surface area contributed by atoms with Crippen LogP contribution in [0.2, 0.25) is 0 Å². The van der Waals surface area contributed by atoms with Crippen molar-refractivity contribution in [3.8, 4) is 50.5 Å². The van der Waals surface area contributed by atoms with Crippen molar-refractivity contribution in [2.45, 2.75) is 20.8 Å². The fourth-order valence-electron chi connectivity index (χ4n) is 6.76. The Bertz CT molecular complexity index is 2260. The van der Waals surface area contributed by atoms with Gasteiger partial charge in [0.05, 0.1) is 22.3 Å². The second kappa shape index (κ2) is 10.8. The normalized spacial score (nSPS) is 11.4. The smallest absolute Gasteiger partial charge is 0.149 e. The lowest BCUT2D eigenvalue weighted by Gasteiger charge is -2.20. The lowest BCUT2D eigenvalue weighted by Crippen LogP contribution is -2.03. The summed E-state index contributed by atoms with van der Waals surface area (Å²) in [6.45, 7) is 6.53. The van der Waals surface area contributed by atoms with Gasteiger partial charge >= 0.3 is 0 Å². The van der Waals surface area contributed by atoms with E-state index in [0.717, 1.165) is 61.3 Å². The summed E-state index contributed by atoms with van der Waals surface area (Å²) in [5.41, 5.74) is 15.7. The topological polar surface area (TPSA) is 31.0 Å². The van der Waals surface area contributed by atoms with Crippen LogP contribution < -0.4 is 0 Å². The second-order valence-corrected chi connectivity index (χ2v) is 11.8. The molecule has 0 amide bonds. The first kappa shape index (κ1) is 26.9. The van der Waals surface area contributed by atoms with Crippen molar-refractivity contribution in [2.24, 2.45) is 0 Å². The van der Waals surface area contributed by atoms with Gasteiger partial charge in [-0.1, -0.05) is 97.1 Å². The number of hydrogen-bond acceptors (Lipinski definition) is 2. The van der Waals surface area contributed by atoms with Crippen molar-refractivity contribution >= 4 is 22.0 Å². The maximum absolute atomic E-state index is 6.24. The van der Waals surface area contributed by atoms with Crippen LogP contribution in [0, 0.1) is 20.8 Å². The molecule has 216 valence electrons. The van der Waals surface area contributed by atoms with E-state index in [9.17, 15) is 0 Å². The molecule has 2 aromatic heterocycles. The molecule has 0 aliphatic heterocycles. The third kappa shape index (κ3) is 4.56. The van der Waals surface area contributed by atoms with Crippen molar-refractivity contribution in [1.82, 2.24) is 9.55 Å². The first-order valence-corrected chi connectivity index (χ1v) is 15.4. The Morgan fingerprint density at radius 1 is 0.556 bits per heavy atom. The lowest BCUT2D eigenvalue weighted by molar-refractivity contribution is 0.616. The van der Waals surface area contributed by atoms with Gasteiger partial charge in [0.1, 0.15) is 17.7 Å². The van der Waals surface area contributed by atoms with Gasteiger partial charge in [0.2, 0.25) is 0 Å². The van der Waals surface area contributed by atoms with Gasteiger partial charge in [-0.2, -0.15) is 0 Å². The molecule has 0 aliphatic carbocycles. The van der Waals surface area contributed by atoms with E-state index in [1.165, 1.54) is 27.8 Å². The molecule has 2 heterocycles. The third-order valence-corrected chi connectivity index (χ3v) is 8.79. The van der Waals surface area contributed by atoms with E-state index in [0.29, 0.717) is 0 Å². The van der Waals surface area contributed by atoms with Gasteiger partial charge in [0, 0.05) is 16.5 Å². The summed E-state index contributed by atoms with van der Waals surface area (Å²) in [6, 6.07) is 47.3. The molecule has 8 aromatic rings. The molecule has 8 rings (SSSR count). The van der Waals surface area contributed by atoms with Crippen LogP contribution in [-0.2, 0) is 0 Å². The predicted octanol–water partition coefficient (Wildman–Crippen LogP) is 11.4. The fourth-order valence-corrected chi connectivity index (χ4v) is 6.76. The van der Waals surface area contributed by atoms with E-state index in [2.05, 4.69) is 159 Å². The zero-order valence-corrected chi connectivity index (χ0v) is 25.6. The van der Waals surface area contributed by atoms with Crippen molar-refractivity contribution in [1.29, 1.82) is 0 Å². The van der Waals surface area contributed by atoms with Gasteiger partial charge in [-0.05, 0) is 96.1 Å². The van der Waals surface area contributed by atoms with E-state index in [4.69, 9.17) is 9.40 Å². The number of benzene rings is 6. The highest BCUT2D eigenvalue weighted by atomic mass is 16.3. The lowest BCUT2D eigenvalue weighted by atomic mass is 9.93. The summed E-state index contributed by atoms with van der Waals surface area (Å²) in [5.74, 6) is 0.854. The minimum Gasteiger partial charge on any atom is -0.464 e. The number of furan rings is 1. The number of rotatable bonds is 5. The summed E-state index contributed by atoms with van der Waals surface area (Å²) in [6.07, 6.45) is 1.87. The van der Waals surface area contributed by atoms with E-state index in [1.807, 2.05) is 6.26 Å². The van der Waals surface area contributed by atoms with Crippen LogP contribution in [0.25, 0.3) is 72.5 Å². The highest BCUT2D eigenvalue weighted by molar-refractivity contribution is 5.99. The molecular weight excluding hydrogens is 548 g/mol. The quantitative estimate of drug-likeness (QED) is 0.203. The largest absolute Gasteiger partial charge is 0.464 e. The van der Waals surface area contributed by atoms with E-state index < -0.39 is 0 Å². The molecule has 0 saturated heterocycles. The van der Waals surface area contributed by atoms with Gasteiger partial charge in [-0.25, -0.2) is 4.98 Å². The average molecular weight is 581 g/mol. The number of aryl methyl sites for hydroxylation is 3. The molecule has 0 spiro atoms. The Hall–Kier alpha value is -5.67. The maximum atomic E-state index is 6.24. The Balaban J connectivity index is 1.47. The Labute approximate surface area is 263 Å². The number of hydrogen-bond donors (Lipinski definition) is 0. The SMILES string of the molecule is Cc1cc(-c2ccccc2)c(-n2c(-c3coc4ccc(-c5c(C)cccc5C)cc34)nc3ccccc32)c(-c2ccccc2)c1. The Kier molecular flexibility index (Phi) is 6.46. The molecule has 3 nitrogen and oxygen atoms in total. The van der Waals surface area contributed by atoms with Crippen LogP contribution in [0.15, 0.2) is 144 Å². The molecule has 45 heavy (non-hydrogen) atoms. The summed E-state index contributed by atoms with van der Waals surface area (Å²) in [5, 5.41) is 1.04. The van der Waals surface area contributed by atoms with Gasteiger partial charge < -0.3 is 4.42 Å². The Morgan fingerprint density at radius 3 is 1.84 bits per heavy atom. The molecule has 0 fully saturated rings. The number of fused-ring (bicyclic) bond motifs is 2. The third-order valence-electron chi connectivity index (χ3n) is 8.79. The molecule has 0 bridgehead atoms. The van der Waals surface area contributed by atoms with Crippen LogP contribution in [-0.4, -0.2) is 9.55 Å². The van der Waals surface area contributed by atoms with Crippen molar-refractivity contribution in [2.75, 3.05) is 0 Å². The van der Waals surface area contributed by atoms with Crippen molar-refractivity contribution < 1.29 is 4.42 Å². The highest BCUT2D eigenvalue weighted by Crippen LogP contribution is 2.43. The second-order valence-electron chi connectivity index (χ2n) is 11.8. The van der Waals surface area contributed by atoms with E-state index in [-0.39, 0.29) is 0 Å². The zero-order chi connectivity index (χ0) is 30.5. The molecule has 0 saturated carbocycles. The average Bonchev–Trinajstić information content (AvgIpc) is 3.66. The molecule has 0 radical (unpaired) electrons. The van der Waals surface area contributed by atoms with Crippen molar-refractivity contribution in [3.63, 3.8) is 0 Å². The summed E-state index contributed by atoms with van der Waals surface area (Å²) >= 11 is 0. The zero-order valence-electron chi connectivity index (χ0n) is 25.6. The van der Waals surface area contributed by atoms with Gasteiger partial charge in [-0.3, -0.25) is 4.57 Å². The highest BCUT2D eigenvalue weighted by Gasteiger charge is 2.24. The number of nitrogens with zero attached hydrogens (tertiary/aromatic N) is 2. The van der Waals surface area contributed by atoms with Crippen LogP contribution in [0.3, 0.4) is 0 Å². The summed E-state index contributed by atoms with van der Waals surface area (Å²) in [4.78, 5) is 5.31. The van der Waals surface area contributed by atoms with Gasteiger partial charge in [-0.15, -0.1) is 0 Å². The minimum absolute atomic E-state index is 0.842. The number of imidazole rings is 1. The summed E-state index contributed by atoms with van der Waals surface area (Å²) < 4.78 is 8.58. The molecule has 0 unspecified atom stereocenters. The maximum Gasteiger partial charge on any atom is 0.149 e. The summed E-state index contributed by atoms with van der Waals surface area (Å²) in [7, 11) is 0. The first-order valence-electron chi connectivity index (χ1n) is 15.4. The van der Waals surface area contributed by atoms with Crippen molar-refractivity contribution in [3.05, 3.63) is 156 Å². The van der Waals surface area contributed by atoms with E-state index in [1.54, 1.807) is 0 Å². The van der Waals surface area contributed by atoms with Crippen LogP contribution in [0.4, 0.5) is 0 Å². The van der Waals surface area contributed by atoms with Crippen LogP contribution in [0.1, 0.15) is 16.7 Å². The predicted molar refractivity (Wildman–Crippen MR) is 187 cm³/mol. The van der Waals surface area contributed by atoms with Gasteiger partial charge in [0.25, 0.3) is 0 Å². The molecule has 6 aromatic carbocycles. The standard InChI is InChI=1S/C42H32N2O/c1-27-23-33(30-15-6-4-7-16-30)41(34(24-27)31-17-8-5-9-18-31)44-38-20-11-10-19-37(38)43-42(44)36-26-45-39-22-21-32(25-35(36)39)40-28(2)13-12-14-29(40)3/h4-26H,1-3H3. The molecule has 0 N–H and O–H groups in total. The fraction of sp³-hybridized carbons (Fsp3) is 0.0714.